The molecule has 2 N–H and O–H groups in total. The third-order valence-corrected chi connectivity index (χ3v) is 5.37. The van der Waals surface area contributed by atoms with Crippen molar-refractivity contribution in [3.05, 3.63) is 51.4 Å². The van der Waals surface area contributed by atoms with Crippen molar-refractivity contribution < 1.29 is 4.74 Å². The largest absolute Gasteiger partial charge is 0.493 e. The number of anilines is 1. The Kier molecular flexibility index (Phi) is 4.63. The first kappa shape index (κ1) is 16.4. The molecule has 2 aromatic rings. The van der Waals surface area contributed by atoms with Crippen LogP contribution >= 0.6 is 11.6 Å². The quantitative estimate of drug-likeness (QED) is 0.880. The number of para-hydroxylation sites is 1. The van der Waals surface area contributed by atoms with E-state index in [0.717, 1.165) is 50.4 Å². The molecule has 1 aromatic carbocycles. The van der Waals surface area contributed by atoms with Gasteiger partial charge in [0.2, 0.25) is 0 Å². The Balaban J connectivity index is 1.40. The second kappa shape index (κ2) is 7.06. The highest BCUT2D eigenvalue weighted by atomic mass is 35.5. The number of aromatic nitrogens is 2. The van der Waals surface area contributed by atoms with Gasteiger partial charge in [0.1, 0.15) is 10.8 Å². The summed E-state index contributed by atoms with van der Waals surface area (Å²) in [6.45, 7) is 2.46. The molecule has 2 aliphatic heterocycles. The molecule has 0 spiro atoms. The van der Waals surface area contributed by atoms with Crippen molar-refractivity contribution in [3.8, 4) is 5.75 Å². The van der Waals surface area contributed by atoms with Gasteiger partial charge in [-0.15, -0.1) is 0 Å². The number of hydrogen-bond donors (Lipinski definition) is 2. The molecule has 1 fully saturated rings. The van der Waals surface area contributed by atoms with E-state index in [1.807, 2.05) is 12.1 Å². The average molecular weight is 361 g/mol. The molecule has 132 valence electrons. The van der Waals surface area contributed by atoms with Crippen LogP contribution in [0.4, 0.5) is 5.69 Å². The Morgan fingerprint density at radius 1 is 1.24 bits per heavy atom. The van der Waals surface area contributed by atoms with Gasteiger partial charge in [0.15, 0.2) is 0 Å². The summed E-state index contributed by atoms with van der Waals surface area (Å²) in [6.07, 6.45) is 4.62. The number of aromatic amines is 1. The van der Waals surface area contributed by atoms with E-state index in [1.165, 1.54) is 5.56 Å². The molecule has 6 nitrogen and oxygen atoms in total. The first-order valence-electron chi connectivity index (χ1n) is 8.68. The third-order valence-electron chi connectivity index (χ3n) is 5.01. The number of fused-ring (bicyclic) bond motifs is 1. The predicted octanol–water partition coefficient (Wildman–Crippen LogP) is 2.51. The number of piperidine rings is 1. The zero-order chi connectivity index (χ0) is 17.2. The second-order valence-corrected chi connectivity index (χ2v) is 6.93. The van der Waals surface area contributed by atoms with E-state index in [4.69, 9.17) is 16.3 Å². The number of nitrogens with one attached hydrogen (secondary N) is 2. The van der Waals surface area contributed by atoms with Gasteiger partial charge in [-0.25, -0.2) is 5.10 Å². The summed E-state index contributed by atoms with van der Waals surface area (Å²) >= 11 is 6.12. The number of halogens is 1. The molecule has 4 rings (SSSR count). The van der Waals surface area contributed by atoms with Crippen molar-refractivity contribution in [1.29, 1.82) is 0 Å². The zero-order valence-electron chi connectivity index (χ0n) is 13.9. The molecule has 1 saturated heterocycles. The minimum atomic E-state index is -0.335. The van der Waals surface area contributed by atoms with Crippen molar-refractivity contribution in [1.82, 2.24) is 15.5 Å². The Labute approximate surface area is 151 Å². The minimum Gasteiger partial charge on any atom is -0.493 e. The van der Waals surface area contributed by atoms with Crippen LogP contribution in [0.15, 0.2) is 35.3 Å². The van der Waals surface area contributed by atoms with Gasteiger partial charge in [-0.2, -0.15) is 5.10 Å². The lowest BCUT2D eigenvalue weighted by atomic mass is 9.97. The molecule has 0 aliphatic carbocycles. The Morgan fingerprint density at radius 2 is 2.04 bits per heavy atom. The molecule has 0 radical (unpaired) electrons. The second-order valence-electron chi connectivity index (χ2n) is 6.55. The fraction of sp³-hybridized carbons (Fsp3) is 0.444. The summed E-state index contributed by atoms with van der Waals surface area (Å²) in [6, 6.07) is 9.04. The lowest BCUT2D eigenvalue weighted by Crippen LogP contribution is -2.45. The average Bonchev–Trinajstić information content (AvgIpc) is 2.65. The van der Waals surface area contributed by atoms with Crippen molar-refractivity contribution in [2.45, 2.75) is 31.3 Å². The van der Waals surface area contributed by atoms with Gasteiger partial charge < -0.3 is 15.0 Å². The molecule has 0 saturated carbocycles. The predicted molar refractivity (Wildman–Crippen MR) is 97.5 cm³/mol. The summed E-state index contributed by atoms with van der Waals surface area (Å²) in [5, 5.41) is 10.2. The molecule has 2 aliphatic rings. The van der Waals surface area contributed by atoms with E-state index >= 15 is 0 Å². The fourth-order valence-corrected chi connectivity index (χ4v) is 3.89. The molecule has 0 unspecified atom stereocenters. The Morgan fingerprint density at radius 3 is 2.88 bits per heavy atom. The van der Waals surface area contributed by atoms with E-state index < -0.39 is 0 Å². The van der Waals surface area contributed by atoms with E-state index in [2.05, 4.69) is 32.5 Å². The standard InChI is InChI=1S/C18H21ClN4O2/c19-17-15(11-20-22-18(17)24)23-8-5-12(6-9-23)21-14-7-10-25-16-4-2-1-3-13(14)16/h1-4,11-12,14,21H,5-10H2,(H,22,24)/t14-/m1/s1. The van der Waals surface area contributed by atoms with Crippen LogP contribution in [0.1, 0.15) is 30.9 Å². The van der Waals surface area contributed by atoms with Crippen molar-refractivity contribution >= 4 is 17.3 Å². The Bertz CT molecular complexity index is 802. The number of hydrogen-bond acceptors (Lipinski definition) is 5. The van der Waals surface area contributed by atoms with Crippen LogP contribution in [0.3, 0.4) is 0 Å². The van der Waals surface area contributed by atoms with Crippen LogP contribution in [-0.4, -0.2) is 35.9 Å². The van der Waals surface area contributed by atoms with E-state index in [-0.39, 0.29) is 10.6 Å². The van der Waals surface area contributed by atoms with Gasteiger partial charge in [-0.3, -0.25) is 4.79 Å². The molecule has 0 amide bonds. The summed E-state index contributed by atoms with van der Waals surface area (Å²) in [4.78, 5) is 13.8. The summed E-state index contributed by atoms with van der Waals surface area (Å²) in [5.74, 6) is 0.991. The van der Waals surface area contributed by atoms with Crippen LogP contribution in [0.25, 0.3) is 0 Å². The summed E-state index contributed by atoms with van der Waals surface area (Å²) in [7, 11) is 0. The number of ether oxygens (including phenoxy) is 1. The zero-order valence-corrected chi connectivity index (χ0v) is 14.6. The lowest BCUT2D eigenvalue weighted by molar-refractivity contribution is 0.237. The highest BCUT2D eigenvalue weighted by Gasteiger charge is 2.27. The van der Waals surface area contributed by atoms with Crippen molar-refractivity contribution in [3.63, 3.8) is 0 Å². The molecule has 3 heterocycles. The molecule has 0 bridgehead atoms. The van der Waals surface area contributed by atoms with Crippen molar-refractivity contribution in [2.75, 3.05) is 24.6 Å². The SMILES string of the molecule is O=c1[nH]ncc(N2CCC(N[C@@H]3CCOc4ccccc43)CC2)c1Cl. The maximum atomic E-state index is 11.6. The van der Waals surface area contributed by atoms with Crippen LogP contribution < -0.4 is 20.5 Å². The van der Waals surface area contributed by atoms with E-state index in [9.17, 15) is 4.79 Å². The molecule has 1 aromatic heterocycles. The van der Waals surface area contributed by atoms with Gasteiger partial charge in [0.05, 0.1) is 18.5 Å². The number of rotatable bonds is 3. The normalized spacial score (nSPS) is 20.8. The summed E-state index contributed by atoms with van der Waals surface area (Å²) in [5.41, 5.74) is 1.64. The first-order valence-corrected chi connectivity index (χ1v) is 9.06. The first-order chi connectivity index (χ1) is 12.2. The van der Waals surface area contributed by atoms with Crippen LogP contribution in [-0.2, 0) is 0 Å². The van der Waals surface area contributed by atoms with Crippen LogP contribution in [0.2, 0.25) is 5.02 Å². The lowest BCUT2D eigenvalue weighted by Gasteiger charge is -2.37. The van der Waals surface area contributed by atoms with Gasteiger partial charge in [0.25, 0.3) is 5.56 Å². The number of nitrogens with zero attached hydrogens (tertiary/aromatic N) is 2. The maximum absolute atomic E-state index is 11.6. The highest BCUT2D eigenvalue weighted by Crippen LogP contribution is 2.33. The minimum absolute atomic E-state index is 0.222. The van der Waals surface area contributed by atoms with Gasteiger partial charge in [0, 0.05) is 37.2 Å². The molecule has 7 heteroatoms. The smallest absolute Gasteiger partial charge is 0.285 e. The van der Waals surface area contributed by atoms with E-state index in [1.54, 1.807) is 6.20 Å². The number of H-pyrrole nitrogens is 1. The summed E-state index contributed by atoms with van der Waals surface area (Å²) < 4.78 is 5.74. The van der Waals surface area contributed by atoms with Gasteiger partial charge >= 0.3 is 0 Å². The Hall–Kier alpha value is -2.05. The van der Waals surface area contributed by atoms with Crippen LogP contribution in [0, 0.1) is 0 Å². The highest BCUT2D eigenvalue weighted by molar-refractivity contribution is 6.32. The van der Waals surface area contributed by atoms with Gasteiger partial charge in [-0.05, 0) is 18.9 Å². The van der Waals surface area contributed by atoms with Crippen molar-refractivity contribution in [2.24, 2.45) is 0 Å². The number of benzene rings is 1. The molecular weight excluding hydrogens is 340 g/mol. The van der Waals surface area contributed by atoms with E-state index in [0.29, 0.717) is 12.1 Å². The third kappa shape index (κ3) is 3.37. The molecular formula is C18H21ClN4O2. The topological polar surface area (TPSA) is 70.2 Å². The monoisotopic (exact) mass is 360 g/mol. The maximum Gasteiger partial charge on any atom is 0.285 e. The van der Waals surface area contributed by atoms with Crippen LogP contribution in [0.5, 0.6) is 5.75 Å². The molecule has 25 heavy (non-hydrogen) atoms. The fourth-order valence-electron chi connectivity index (χ4n) is 3.68. The van der Waals surface area contributed by atoms with Gasteiger partial charge in [-0.1, -0.05) is 29.8 Å². The molecule has 1 atom stereocenters.